The molecule has 1 heterocycles. The monoisotopic (exact) mass is 273 g/mol. The van der Waals surface area contributed by atoms with Crippen LogP contribution in [0, 0.1) is 5.82 Å². The number of benzene rings is 1. The molecule has 1 aromatic rings. The summed E-state index contributed by atoms with van der Waals surface area (Å²) in [5, 5.41) is 3.21. The van der Waals surface area contributed by atoms with E-state index in [1.807, 2.05) is 11.8 Å². The highest BCUT2D eigenvalue weighted by molar-refractivity contribution is 7.99. The minimum Gasteiger partial charge on any atom is -0.348 e. The van der Waals surface area contributed by atoms with Gasteiger partial charge in [-0.15, -0.1) is 0 Å². The van der Waals surface area contributed by atoms with Gasteiger partial charge in [-0.25, -0.2) is 4.39 Å². The van der Waals surface area contributed by atoms with Gasteiger partial charge in [-0.3, -0.25) is 4.79 Å². The van der Waals surface area contributed by atoms with E-state index in [2.05, 4.69) is 5.32 Å². The van der Waals surface area contributed by atoms with Crippen LogP contribution in [-0.4, -0.2) is 23.5 Å². The zero-order valence-corrected chi connectivity index (χ0v) is 10.8. The summed E-state index contributed by atoms with van der Waals surface area (Å²) in [4.78, 5) is 11.9. The maximum atomic E-state index is 13.4. The molecule has 0 spiro atoms. The van der Waals surface area contributed by atoms with Crippen LogP contribution in [0.2, 0.25) is 5.02 Å². The molecule has 1 atom stereocenters. The van der Waals surface area contributed by atoms with Crippen LogP contribution in [0.4, 0.5) is 4.39 Å². The summed E-state index contributed by atoms with van der Waals surface area (Å²) in [5.41, 5.74) is 0.0214. The van der Waals surface area contributed by atoms with E-state index in [1.54, 1.807) is 0 Å². The Hall–Kier alpha value is -0.740. The summed E-state index contributed by atoms with van der Waals surface area (Å²) in [5.74, 6) is 1.12. The van der Waals surface area contributed by atoms with Gasteiger partial charge in [-0.05, 0) is 36.8 Å². The quantitative estimate of drug-likeness (QED) is 0.897. The Morgan fingerprint density at radius 1 is 1.53 bits per heavy atom. The second-order valence-corrected chi connectivity index (χ2v) is 5.60. The fraction of sp³-hybridized carbons (Fsp3) is 0.417. The fourth-order valence-corrected chi connectivity index (χ4v) is 3.03. The summed E-state index contributed by atoms with van der Waals surface area (Å²) in [7, 11) is 0. The molecule has 17 heavy (non-hydrogen) atoms. The van der Waals surface area contributed by atoms with Crippen molar-refractivity contribution >= 4 is 29.3 Å². The molecule has 0 aliphatic carbocycles. The van der Waals surface area contributed by atoms with Gasteiger partial charge in [0.05, 0.1) is 5.56 Å². The number of nitrogens with one attached hydrogen (secondary N) is 1. The second kappa shape index (κ2) is 5.74. The molecule has 2 nitrogen and oxygen atoms in total. The minimum atomic E-state index is -0.532. The van der Waals surface area contributed by atoms with E-state index in [1.165, 1.54) is 18.2 Å². The molecule has 1 fully saturated rings. The van der Waals surface area contributed by atoms with Gasteiger partial charge in [0.15, 0.2) is 0 Å². The largest absolute Gasteiger partial charge is 0.348 e. The van der Waals surface area contributed by atoms with E-state index in [4.69, 9.17) is 11.6 Å². The maximum Gasteiger partial charge on any atom is 0.254 e. The number of rotatable bonds is 2. The highest BCUT2D eigenvalue weighted by atomic mass is 35.5. The van der Waals surface area contributed by atoms with Crippen LogP contribution in [0.25, 0.3) is 0 Å². The van der Waals surface area contributed by atoms with Crippen molar-refractivity contribution in [2.24, 2.45) is 0 Å². The van der Waals surface area contributed by atoms with Crippen LogP contribution >= 0.6 is 23.4 Å². The van der Waals surface area contributed by atoms with Gasteiger partial charge >= 0.3 is 0 Å². The summed E-state index contributed by atoms with van der Waals surface area (Å²) in [6, 6.07) is 4.15. The van der Waals surface area contributed by atoms with Crippen LogP contribution < -0.4 is 5.32 Å². The number of amides is 1. The molecule has 1 aromatic carbocycles. The average Bonchev–Trinajstić information content (AvgIpc) is 2.33. The van der Waals surface area contributed by atoms with Crippen molar-refractivity contribution < 1.29 is 9.18 Å². The van der Waals surface area contributed by atoms with Gasteiger partial charge in [0.2, 0.25) is 0 Å². The molecule has 5 heteroatoms. The summed E-state index contributed by atoms with van der Waals surface area (Å²) >= 11 is 7.57. The van der Waals surface area contributed by atoms with Crippen molar-refractivity contribution in [3.63, 3.8) is 0 Å². The molecule has 1 aliphatic rings. The van der Waals surface area contributed by atoms with E-state index >= 15 is 0 Å². The first kappa shape index (κ1) is 12.7. The number of hydrogen-bond acceptors (Lipinski definition) is 2. The number of thioether (sulfide) groups is 1. The van der Waals surface area contributed by atoms with Crippen molar-refractivity contribution in [2.75, 3.05) is 11.5 Å². The molecule has 1 amide bonds. The van der Waals surface area contributed by atoms with E-state index in [0.29, 0.717) is 5.02 Å². The van der Waals surface area contributed by atoms with Gasteiger partial charge in [0.25, 0.3) is 5.91 Å². The van der Waals surface area contributed by atoms with Crippen molar-refractivity contribution in [2.45, 2.75) is 18.9 Å². The van der Waals surface area contributed by atoms with Crippen molar-refractivity contribution in [1.29, 1.82) is 0 Å². The van der Waals surface area contributed by atoms with Crippen LogP contribution in [0.5, 0.6) is 0 Å². The van der Waals surface area contributed by atoms with Gasteiger partial charge in [0, 0.05) is 16.8 Å². The topological polar surface area (TPSA) is 29.1 Å². The Kier molecular flexibility index (Phi) is 4.29. The lowest BCUT2D eigenvalue weighted by molar-refractivity contribution is 0.0934. The normalized spacial score (nSPS) is 20.0. The Balaban J connectivity index is 2.05. The smallest absolute Gasteiger partial charge is 0.254 e. The Bertz CT molecular complexity index is 421. The van der Waals surface area contributed by atoms with Crippen LogP contribution in [0.3, 0.4) is 0 Å². The molecule has 92 valence electrons. The van der Waals surface area contributed by atoms with Crippen molar-refractivity contribution in [1.82, 2.24) is 5.32 Å². The molecule has 1 unspecified atom stereocenters. The Labute approximate surface area is 109 Å². The molecule has 0 aromatic heterocycles. The molecule has 0 radical (unpaired) electrons. The summed E-state index contributed by atoms with van der Waals surface area (Å²) < 4.78 is 13.4. The first-order valence-corrected chi connectivity index (χ1v) is 7.04. The number of carbonyl (C=O) groups excluding carboxylic acids is 1. The lowest BCUT2D eigenvalue weighted by atomic mass is 10.1. The lowest BCUT2D eigenvalue weighted by Gasteiger charge is -2.22. The molecular weight excluding hydrogens is 261 g/mol. The molecule has 0 saturated carbocycles. The van der Waals surface area contributed by atoms with E-state index < -0.39 is 5.82 Å². The Morgan fingerprint density at radius 2 is 2.35 bits per heavy atom. The molecular formula is C12H13ClFNOS. The van der Waals surface area contributed by atoms with Crippen LogP contribution in [0.15, 0.2) is 18.2 Å². The average molecular weight is 274 g/mol. The minimum absolute atomic E-state index is 0.0214. The Morgan fingerprint density at radius 3 is 3.06 bits per heavy atom. The molecule has 1 aliphatic heterocycles. The fourth-order valence-electron chi connectivity index (χ4n) is 1.79. The molecule has 0 bridgehead atoms. The number of carbonyl (C=O) groups is 1. The van der Waals surface area contributed by atoms with E-state index in [-0.39, 0.29) is 17.5 Å². The van der Waals surface area contributed by atoms with Crippen LogP contribution in [0.1, 0.15) is 23.2 Å². The highest BCUT2D eigenvalue weighted by Crippen LogP contribution is 2.19. The molecule has 1 N–H and O–H groups in total. The molecule has 1 saturated heterocycles. The second-order valence-electron chi connectivity index (χ2n) is 4.01. The van der Waals surface area contributed by atoms with Crippen LogP contribution in [-0.2, 0) is 0 Å². The number of halogens is 2. The van der Waals surface area contributed by atoms with Crippen molar-refractivity contribution in [3.05, 3.63) is 34.6 Å². The van der Waals surface area contributed by atoms with Gasteiger partial charge in [0.1, 0.15) is 5.82 Å². The third-order valence-electron chi connectivity index (χ3n) is 2.67. The zero-order valence-electron chi connectivity index (χ0n) is 9.21. The zero-order chi connectivity index (χ0) is 12.3. The standard InChI is InChI=1S/C12H13ClFNOS/c13-8-3-4-11(14)10(6-8)12(16)15-9-2-1-5-17-7-9/h3-4,6,9H,1-2,5,7H2,(H,15,16). The summed E-state index contributed by atoms with van der Waals surface area (Å²) in [6.07, 6.45) is 2.05. The SMILES string of the molecule is O=C(NC1CCCSC1)c1cc(Cl)ccc1F. The number of hydrogen-bond donors (Lipinski definition) is 1. The maximum absolute atomic E-state index is 13.4. The summed E-state index contributed by atoms with van der Waals surface area (Å²) in [6.45, 7) is 0. The first-order chi connectivity index (χ1) is 8.16. The lowest BCUT2D eigenvalue weighted by Crippen LogP contribution is -2.38. The predicted octanol–water partition coefficient (Wildman–Crippen LogP) is 3.10. The third kappa shape index (κ3) is 3.36. The van der Waals surface area contributed by atoms with Gasteiger partial charge in [-0.1, -0.05) is 11.6 Å². The van der Waals surface area contributed by atoms with Crippen molar-refractivity contribution in [3.8, 4) is 0 Å². The predicted molar refractivity (Wildman–Crippen MR) is 69.2 cm³/mol. The van der Waals surface area contributed by atoms with Gasteiger partial charge in [-0.2, -0.15) is 11.8 Å². The van der Waals surface area contributed by atoms with E-state index in [0.717, 1.165) is 24.3 Å². The third-order valence-corrected chi connectivity index (χ3v) is 4.12. The first-order valence-electron chi connectivity index (χ1n) is 5.50. The van der Waals surface area contributed by atoms with E-state index in [9.17, 15) is 9.18 Å². The highest BCUT2D eigenvalue weighted by Gasteiger charge is 2.19. The molecule has 2 rings (SSSR count). The van der Waals surface area contributed by atoms with Gasteiger partial charge < -0.3 is 5.32 Å².